The van der Waals surface area contributed by atoms with Gasteiger partial charge < -0.3 is 10.2 Å². The Hall–Kier alpha value is -2.83. The minimum absolute atomic E-state index is 0.325. The summed E-state index contributed by atoms with van der Waals surface area (Å²) in [6, 6.07) is 9.01. The number of carbonyl (C=O) groups is 2. The van der Waals surface area contributed by atoms with Crippen LogP contribution < -0.4 is 5.32 Å². The molecule has 0 radical (unpaired) electrons. The fourth-order valence-electron chi connectivity index (χ4n) is 3.19. The molecule has 1 aliphatic rings. The molecule has 1 fully saturated rings. The number of rotatable bonds is 3. The molecule has 0 aromatic heterocycles. The standard InChI is InChI=1S/C19H17F3N2O2/c1-24-10-9-13(11-5-7-12(20)8-6-11)16(19(24)26)18(25)23-15-4-2-3-14(21)17(15)22/h2-8,13,16H,9-10H2,1H3,(H,23,25). The molecule has 0 aliphatic carbocycles. The molecule has 3 rings (SSSR count). The van der Waals surface area contributed by atoms with Gasteiger partial charge in [-0.15, -0.1) is 0 Å². The zero-order valence-electron chi connectivity index (χ0n) is 14.0. The van der Waals surface area contributed by atoms with Gasteiger partial charge in [-0.3, -0.25) is 9.59 Å². The second kappa shape index (κ2) is 7.19. The molecule has 2 unspecified atom stereocenters. The molecule has 2 atom stereocenters. The van der Waals surface area contributed by atoms with Gasteiger partial charge in [0.2, 0.25) is 11.8 Å². The van der Waals surface area contributed by atoms with E-state index in [1.54, 1.807) is 7.05 Å². The molecular formula is C19H17F3N2O2. The molecule has 7 heteroatoms. The first-order valence-corrected chi connectivity index (χ1v) is 8.14. The van der Waals surface area contributed by atoms with Crippen LogP contribution in [0, 0.1) is 23.4 Å². The van der Waals surface area contributed by atoms with Crippen LogP contribution in [0.5, 0.6) is 0 Å². The molecule has 1 heterocycles. The molecule has 2 aromatic carbocycles. The molecule has 136 valence electrons. The summed E-state index contributed by atoms with van der Waals surface area (Å²) < 4.78 is 40.4. The van der Waals surface area contributed by atoms with Gasteiger partial charge in [-0.1, -0.05) is 18.2 Å². The van der Waals surface area contributed by atoms with Crippen LogP contribution >= 0.6 is 0 Å². The number of hydrogen-bond acceptors (Lipinski definition) is 2. The average molecular weight is 362 g/mol. The maximum Gasteiger partial charge on any atom is 0.237 e. The molecule has 4 nitrogen and oxygen atoms in total. The third kappa shape index (κ3) is 3.42. The van der Waals surface area contributed by atoms with E-state index < -0.39 is 41.1 Å². The first-order chi connectivity index (χ1) is 12.4. The van der Waals surface area contributed by atoms with Gasteiger partial charge in [0.05, 0.1) is 5.69 Å². The van der Waals surface area contributed by atoms with Crippen molar-refractivity contribution in [2.45, 2.75) is 12.3 Å². The Labute approximate surface area is 148 Å². The van der Waals surface area contributed by atoms with E-state index in [1.807, 2.05) is 0 Å². The third-order valence-electron chi connectivity index (χ3n) is 4.61. The van der Waals surface area contributed by atoms with Gasteiger partial charge in [0, 0.05) is 19.5 Å². The van der Waals surface area contributed by atoms with Crippen LogP contribution in [0.4, 0.5) is 18.9 Å². The van der Waals surface area contributed by atoms with E-state index in [0.717, 1.165) is 6.07 Å². The fourth-order valence-corrected chi connectivity index (χ4v) is 3.19. The number of amides is 2. The van der Waals surface area contributed by atoms with Crippen LogP contribution in [0.1, 0.15) is 17.9 Å². The van der Waals surface area contributed by atoms with Crippen LogP contribution in [0.25, 0.3) is 0 Å². The monoisotopic (exact) mass is 362 g/mol. The minimum Gasteiger partial charge on any atom is -0.345 e. The molecule has 0 spiro atoms. The predicted molar refractivity (Wildman–Crippen MR) is 89.9 cm³/mol. The highest BCUT2D eigenvalue weighted by Crippen LogP contribution is 2.34. The second-order valence-corrected chi connectivity index (χ2v) is 6.27. The molecule has 26 heavy (non-hydrogen) atoms. The van der Waals surface area contributed by atoms with Gasteiger partial charge >= 0.3 is 0 Å². The van der Waals surface area contributed by atoms with E-state index in [1.165, 1.54) is 41.3 Å². The van der Waals surface area contributed by atoms with Crippen molar-refractivity contribution in [3.8, 4) is 0 Å². The number of anilines is 1. The summed E-state index contributed by atoms with van der Waals surface area (Å²) in [4.78, 5) is 26.7. The van der Waals surface area contributed by atoms with Crippen LogP contribution in [-0.4, -0.2) is 30.3 Å². The zero-order chi connectivity index (χ0) is 18.8. The summed E-state index contributed by atoms with van der Waals surface area (Å²) in [5, 5.41) is 2.31. The van der Waals surface area contributed by atoms with Gasteiger partial charge in [-0.25, -0.2) is 13.2 Å². The molecule has 1 aliphatic heterocycles. The molecule has 2 amide bonds. The maximum absolute atomic E-state index is 13.8. The van der Waals surface area contributed by atoms with Gasteiger partial charge in [-0.05, 0) is 36.2 Å². The first-order valence-electron chi connectivity index (χ1n) is 8.14. The topological polar surface area (TPSA) is 49.4 Å². The van der Waals surface area contributed by atoms with Crippen molar-refractivity contribution in [2.75, 3.05) is 18.9 Å². The summed E-state index contributed by atoms with van der Waals surface area (Å²) in [5.74, 6) is -5.42. The summed E-state index contributed by atoms with van der Waals surface area (Å²) in [6.45, 7) is 0.443. The van der Waals surface area contributed by atoms with Crippen LogP contribution in [0.3, 0.4) is 0 Å². The molecule has 1 saturated heterocycles. The number of piperidine rings is 1. The number of nitrogens with zero attached hydrogens (tertiary/aromatic N) is 1. The largest absolute Gasteiger partial charge is 0.345 e. The maximum atomic E-state index is 13.8. The molecule has 1 N–H and O–H groups in total. The van der Waals surface area contributed by atoms with Crippen molar-refractivity contribution in [1.29, 1.82) is 0 Å². The Kier molecular flexibility index (Phi) is 4.97. The van der Waals surface area contributed by atoms with E-state index in [2.05, 4.69) is 5.32 Å². The lowest BCUT2D eigenvalue weighted by atomic mass is 9.79. The van der Waals surface area contributed by atoms with Gasteiger partial charge in [0.25, 0.3) is 0 Å². The fraction of sp³-hybridized carbons (Fsp3) is 0.263. The number of nitrogens with one attached hydrogen (secondary N) is 1. The van der Waals surface area contributed by atoms with E-state index in [0.29, 0.717) is 18.5 Å². The minimum atomic E-state index is -1.18. The van der Waals surface area contributed by atoms with Crippen molar-refractivity contribution in [3.63, 3.8) is 0 Å². The number of hydrogen-bond donors (Lipinski definition) is 1. The summed E-state index contributed by atoms with van der Waals surface area (Å²) in [7, 11) is 1.58. The third-order valence-corrected chi connectivity index (χ3v) is 4.61. The van der Waals surface area contributed by atoms with E-state index >= 15 is 0 Å². The smallest absolute Gasteiger partial charge is 0.237 e. The lowest BCUT2D eigenvalue weighted by molar-refractivity contribution is -0.143. The molecule has 0 bridgehead atoms. The van der Waals surface area contributed by atoms with Crippen LogP contribution in [0.2, 0.25) is 0 Å². The highest BCUT2D eigenvalue weighted by atomic mass is 19.2. The van der Waals surface area contributed by atoms with Crippen molar-refractivity contribution in [2.24, 2.45) is 5.92 Å². The van der Waals surface area contributed by atoms with E-state index in [9.17, 15) is 22.8 Å². The highest BCUT2D eigenvalue weighted by molar-refractivity contribution is 6.07. The Morgan fingerprint density at radius 1 is 1.12 bits per heavy atom. The van der Waals surface area contributed by atoms with E-state index in [4.69, 9.17) is 0 Å². The Balaban J connectivity index is 1.91. The number of likely N-dealkylation sites (tertiary alicyclic amines) is 1. The second-order valence-electron chi connectivity index (χ2n) is 6.27. The Bertz CT molecular complexity index is 839. The van der Waals surface area contributed by atoms with Crippen molar-refractivity contribution >= 4 is 17.5 Å². The lowest BCUT2D eigenvalue weighted by Crippen LogP contribution is -2.47. The summed E-state index contributed by atoms with van der Waals surface area (Å²) >= 11 is 0. The molecular weight excluding hydrogens is 345 g/mol. The Morgan fingerprint density at radius 3 is 2.50 bits per heavy atom. The quantitative estimate of drug-likeness (QED) is 0.852. The SMILES string of the molecule is CN1CCC(c2ccc(F)cc2)C(C(=O)Nc2cccc(F)c2F)C1=O. The highest BCUT2D eigenvalue weighted by Gasteiger charge is 2.41. The van der Waals surface area contributed by atoms with Gasteiger partial charge in [-0.2, -0.15) is 0 Å². The van der Waals surface area contributed by atoms with E-state index in [-0.39, 0.29) is 5.69 Å². The lowest BCUT2D eigenvalue weighted by Gasteiger charge is -2.35. The van der Waals surface area contributed by atoms with Crippen LogP contribution in [-0.2, 0) is 9.59 Å². The molecule has 0 saturated carbocycles. The summed E-state index contributed by atoms with van der Waals surface area (Å²) in [6.07, 6.45) is 0.498. The number of carbonyl (C=O) groups excluding carboxylic acids is 2. The number of halogens is 3. The zero-order valence-corrected chi connectivity index (χ0v) is 14.0. The number of benzene rings is 2. The van der Waals surface area contributed by atoms with Crippen molar-refractivity contribution in [1.82, 2.24) is 4.90 Å². The van der Waals surface area contributed by atoms with Gasteiger partial charge in [0.15, 0.2) is 11.6 Å². The summed E-state index contributed by atoms with van der Waals surface area (Å²) in [5.41, 5.74) is 0.321. The van der Waals surface area contributed by atoms with Crippen LogP contribution in [0.15, 0.2) is 42.5 Å². The van der Waals surface area contributed by atoms with Gasteiger partial charge in [0.1, 0.15) is 11.7 Å². The van der Waals surface area contributed by atoms with Crippen molar-refractivity contribution < 1.29 is 22.8 Å². The normalized spacial score (nSPS) is 20.2. The Morgan fingerprint density at radius 2 is 1.81 bits per heavy atom. The van der Waals surface area contributed by atoms with Crippen molar-refractivity contribution in [3.05, 3.63) is 65.5 Å². The predicted octanol–water partition coefficient (Wildman–Crippen LogP) is 3.30. The molecule has 2 aromatic rings. The first kappa shape index (κ1) is 18.0. The average Bonchev–Trinajstić information content (AvgIpc) is 2.62.